The maximum atomic E-state index is 13.7. The van der Waals surface area contributed by atoms with Crippen molar-refractivity contribution in [1.82, 2.24) is 10.2 Å². The van der Waals surface area contributed by atoms with Crippen molar-refractivity contribution in [3.8, 4) is 11.1 Å². The quantitative estimate of drug-likeness (QED) is 0.691. The number of amides is 2. The Bertz CT molecular complexity index is 1050. The molecule has 6 heteroatoms. The van der Waals surface area contributed by atoms with Gasteiger partial charge < -0.3 is 15.0 Å². The fourth-order valence-corrected chi connectivity index (χ4v) is 5.16. The SMILES string of the molecule is COC1(C(=O)NC2CCN(C(=O)C3CCC3)C2Cc2cccc(-c3cccc(F)c3)c2)CC1. The van der Waals surface area contributed by atoms with E-state index in [-0.39, 0.29) is 35.6 Å². The minimum Gasteiger partial charge on any atom is -0.368 e. The Hall–Kier alpha value is -2.73. The van der Waals surface area contributed by atoms with Gasteiger partial charge in [-0.05, 0) is 67.3 Å². The van der Waals surface area contributed by atoms with Gasteiger partial charge in [0.25, 0.3) is 5.91 Å². The van der Waals surface area contributed by atoms with E-state index in [2.05, 4.69) is 11.4 Å². The lowest BCUT2D eigenvalue weighted by molar-refractivity contribution is -0.140. The third-order valence-corrected chi connectivity index (χ3v) is 7.64. The largest absolute Gasteiger partial charge is 0.368 e. The summed E-state index contributed by atoms with van der Waals surface area (Å²) in [5.74, 6) is 0.0128. The normalized spacial score (nSPS) is 23.8. The molecule has 1 aliphatic heterocycles. The highest BCUT2D eigenvalue weighted by molar-refractivity contribution is 5.88. The molecule has 1 saturated heterocycles. The van der Waals surface area contributed by atoms with Crippen molar-refractivity contribution >= 4 is 11.8 Å². The molecule has 3 fully saturated rings. The summed E-state index contributed by atoms with van der Waals surface area (Å²) in [5.41, 5.74) is 2.15. The Balaban J connectivity index is 1.38. The molecule has 3 aliphatic rings. The van der Waals surface area contributed by atoms with Crippen LogP contribution in [-0.4, -0.2) is 48.1 Å². The molecule has 0 radical (unpaired) electrons. The molecular formula is C27H31FN2O3. The molecule has 2 atom stereocenters. The topological polar surface area (TPSA) is 58.6 Å². The molecule has 5 nitrogen and oxygen atoms in total. The van der Waals surface area contributed by atoms with E-state index in [9.17, 15) is 14.0 Å². The number of rotatable bonds is 7. The Morgan fingerprint density at radius 2 is 1.82 bits per heavy atom. The zero-order chi connectivity index (χ0) is 23.0. The molecule has 33 heavy (non-hydrogen) atoms. The molecule has 1 heterocycles. The van der Waals surface area contributed by atoms with Crippen molar-refractivity contribution in [2.24, 2.45) is 5.92 Å². The summed E-state index contributed by atoms with van der Waals surface area (Å²) in [7, 11) is 1.59. The second-order valence-electron chi connectivity index (χ2n) is 9.71. The number of hydrogen-bond acceptors (Lipinski definition) is 3. The fraction of sp³-hybridized carbons (Fsp3) is 0.481. The van der Waals surface area contributed by atoms with E-state index in [0.717, 1.165) is 55.2 Å². The van der Waals surface area contributed by atoms with Crippen molar-refractivity contribution in [3.05, 3.63) is 59.9 Å². The highest BCUT2D eigenvalue weighted by Crippen LogP contribution is 2.40. The van der Waals surface area contributed by atoms with Crippen LogP contribution in [0, 0.1) is 11.7 Å². The lowest BCUT2D eigenvalue weighted by atomic mass is 9.84. The van der Waals surface area contributed by atoms with Gasteiger partial charge in [-0.3, -0.25) is 9.59 Å². The number of halogens is 1. The second kappa shape index (κ2) is 8.90. The van der Waals surface area contributed by atoms with E-state index in [1.54, 1.807) is 13.2 Å². The Kier molecular flexibility index (Phi) is 5.95. The lowest BCUT2D eigenvalue weighted by Gasteiger charge is -2.35. The van der Waals surface area contributed by atoms with Crippen molar-refractivity contribution in [3.63, 3.8) is 0 Å². The van der Waals surface area contributed by atoms with Crippen LogP contribution in [0.5, 0.6) is 0 Å². The van der Waals surface area contributed by atoms with Gasteiger partial charge in [-0.1, -0.05) is 42.8 Å². The van der Waals surface area contributed by atoms with E-state index < -0.39 is 5.60 Å². The summed E-state index contributed by atoms with van der Waals surface area (Å²) in [6.07, 6.45) is 5.91. The Labute approximate surface area is 194 Å². The van der Waals surface area contributed by atoms with Gasteiger partial charge in [-0.15, -0.1) is 0 Å². The van der Waals surface area contributed by atoms with E-state index in [1.165, 1.54) is 12.1 Å². The van der Waals surface area contributed by atoms with Gasteiger partial charge in [0.05, 0.1) is 12.1 Å². The average Bonchev–Trinajstić information content (AvgIpc) is 3.50. The predicted octanol–water partition coefficient (Wildman–Crippen LogP) is 4.10. The summed E-state index contributed by atoms with van der Waals surface area (Å²) in [6, 6.07) is 14.4. The molecule has 5 rings (SSSR count). The number of carbonyl (C=O) groups is 2. The molecule has 0 bridgehead atoms. The van der Waals surface area contributed by atoms with Crippen LogP contribution in [-0.2, 0) is 20.7 Å². The number of ether oxygens (including phenoxy) is 1. The average molecular weight is 451 g/mol. The van der Waals surface area contributed by atoms with E-state index in [1.807, 2.05) is 29.2 Å². The summed E-state index contributed by atoms with van der Waals surface area (Å²) < 4.78 is 19.2. The molecule has 2 saturated carbocycles. The van der Waals surface area contributed by atoms with Gasteiger partial charge >= 0.3 is 0 Å². The predicted molar refractivity (Wildman–Crippen MR) is 124 cm³/mol. The third-order valence-electron chi connectivity index (χ3n) is 7.64. The van der Waals surface area contributed by atoms with Crippen LogP contribution in [0.2, 0.25) is 0 Å². The fourth-order valence-electron chi connectivity index (χ4n) is 5.16. The molecule has 2 aromatic rings. The number of nitrogens with zero attached hydrogens (tertiary/aromatic N) is 1. The molecule has 2 amide bonds. The van der Waals surface area contributed by atoms with Crippen molar-refractivity contribution in [2.45, 2.75) is 62.6 Å². The van der Waals surface area contributed by atoms with Crippen LogP contribution in [0.15, 0.2) is 48.5 Å². The zero-order valence-corrected chi connectivity index (χ0v) is 19.1. The first-order valence-electron chi connectivity index (χ1n) is 12.0. The van der Waals surface area contributed by atoms with Gasteiger partial charge in [-0.2, -0.15) is 0 Å². The van der Waals surface area contributed by atoms with Crippen LogP contribution in [0.4, 0.5) is 4.39 Å². The zero-order valence-electron chi connectivity index (χ0n) is 19.1. The third kappa shape index (κ3) is 4.41. The van der Waals surface area contributed by atoms with E-state index >= 15 is 0 Å². The smallest absolute Gasteiger partial charge is 0.252 e. The highest BCUT2D eigenvalue weighted by Gasteiger charge is 2.52. The number of hydrogen-bond donors (Lipinski definition) is 1. The van der Waals surface area contributed by atoms with Gasteiger partial charge in [-0.25, -0.2) is 4.39 Å². The maximum Gasteiger partial charge on any atom is 0.252 e. The highest BCUT2D eigenvalue weighted by atomic mass is 19.1. The van der Waals surface area contributed by atoms with E-state index in [0.29, 0.717) is 13.0 Å². The molecule has 2 aromatic carbocycles. The number of methoxy groups -OCH3 is 1. The molecular weight excluding hydrogens is 419 g/mol. The first-order chi connectivity index (χ1) is 16.0. The summed E-state index contributed by atoms with van der Waals surface area (Å²) in [6.45, 7) is 0.661. The molecule has 0 spiro atoms. The first kappa shape index (κ1) is 22.1. The van der Waals surface area contributed by atoms with Crippen LogP contribution in [0.1, 0.15) is 44.1 Å². The van der Waals surface area contributed by atoms with Crippen LogP contribution in [0.3, 0.4) is 0 Å². The molecule has 0 aromatic heterocycles. The molecule has 1 N–H and O–H groups in total. The lowest BCUT2D eigenvalue weighted by Crippen LogP contribution is -2.52. The number of likely N-dealkylation sites (tertiary alicyclic amines) is 1. The molecule has 2 unspecified atom stereocenters. The summed E-state index contributed by atoms with van der Waals surface area (Å²) in [5, 5.41) is 3.21. The molecule has 2 aliphatic carbocycles. The van der Waals surface area contributed by atoms with Crippen molar-refractivity contribution < 1.29 is 18.7 Å². The van der Waals surface area contributed by atoms with Gasteiger partial charge in [0, 0.05) is 19.6 Å². The number of nitrogens with one attached hydrogen (secondary N) is 1. The minimum absolute atomic E-state index is 0.0635. The Morgan fingerprint density at radius 3 is 2.45 bits per heavy atom. The monoisotopic (exact) mass is 450 g/mol. The summed E-state index contributed by atoms with van der Waals surface area (Å²) >= 11 is 0. The van der Waals surface area contributed by atoms with Crippen LogP contribution < -0.4 is 5.32 Å². The van der Waals surface area contributed by atoms with Gasteiger partial charge in [0.1, 0.15) is 11.4 Å². The van der Waals surface area contributed by atoms with Crippen LogP contribution in [0.25, 0.3) is 11.1 Å². The van der Waals surface area contributed by atoms with Crippen LogP contribution >= 0.6 is 0 Å². The standard InChI is InChI=1S/C27H31FN2O3/c1-33-27(12-13-27)26(32)29-23-11-14-30(25(31)19-6-3-7-19)24(23)16-18-5-2-8-20(15-18)21-9-4-10-22(28)17-21/h2,4-5,8-10,15,17,19,23-24H,3,6-7,11-14,16H2,1H3,(H,29,32). The second-order valence-corrected chi connectivity index (χ2v) is 9.71. The maximum absolute atomic E-state index is 13.7. The number of carbonyl (C=O) groups excluding carboxylic acids is 2. The Morgan fingerprint density at radius 1 is 1.09 bits per heavy atom. The first-order valence-corrected chi connectivity index (χ1v) is 12.0. The number of benzene rings is 2. The van der Waals surface area contributed by atoms with Gasteiger partial charge in [0.15, 0.2) is 0 Å². The van der Waals surface area contributed by atoms with Gasteiger partial charge in [0.2, 0.25) is 5.91 Å². The van der Waals surface area contributed by atoms with Crippen molar-refractivity contribution in [1.29, 1.82) is 0 Å². The van der Waals surface area contributed by atoms with E-state index in [4.69, 9.17) is 4.74 Å². The summed E-state index contributed by atoms with van der Waals surface area (Å²) in [4.78, 5) is 28.1. The van der Waals surface area contributed by atoms with Crippen molar-refractivity contribution in [2.75, 3.05) is 13.7 Å². The minimum atomic E-state index is -0.687. The molecule has 174 valence electrons.